The SMILES string of the molecule is CC(C)CCC[C@@H](C)[C@H]1CC[C@H]2C(=O)C[C@H](CCCCCCCCCC[C@H]3CC(=O)[C@@H]4CC[C@H]([C@H](C)CCCC(C)C)[C@@]4(C)C3)C[C@]12C. The van der Waals surface area contributed by atoms with Gasteiger partial charge in [0, 0.05) is 24.7 Å². The Kier molecular flexibility index (Phi) is 15.6. The largest absolute Gasteiger partial charge is 0.299 e. The molecular weight excluding hydrogens is 585 g/mol. The van der Waals surface area contributed by atoms with E-state index in [9.17, 15) is 9.59 Å². The number of carbonyl (C=O) groups excluding carboxylic acids is 2. The van der Waals surface area contributed by atoms with Crippen molar-refractivity contribution in [3.63, 3.8) is 0 Å². The highest BCUT2D eigenvalue weighted by atomic mass is 16.1. The normalized spacial score (nSPS) is 35.0. The predicted octanol–water partition coefficient (Wildman–Crippen LogP) is 13.8. The number of ketones is 2. The molecule has 0 aromatic rings. The minimum absolute atomic E-state index is 0.270. The van der Waals surface area contributed by atoms with Crippen LogP contribution in [-0.4, -0.2) is 11.6 Å². The smallest absolute Gasteiger partial charge is 0.136 e. The van der Waals surface area contributed by atoms with E-state index in [0.29, 0.717) is 35.2 Å². The summed E-state index contributed by atoms with van der Waals surface area (Å²) in [4.78, 5) is 26.6. The summed E-state index contributed by atoms with van der Waals surface area (Å²) < 4.78 is 0. The third kappa shape index (κ3) is 10.5. The van der Waals surface area contributed by atoms with E-state index < -0.39 is 0 Å². The maximum absolute atomic E-state index is 13.3. The van der Waals surface area contributed by atoms with Crippen molar-refractivity contribution < 1.29 is 9.59 Å². The molecule has 0 unspecified atom stereocenters. The molecule has 4 rings (SSSR count). The Morgan fingerprint density at radius 3 is 1.21 bits per heavy atom. The van der Waals surface area contributed by atoms with Crippen LogP contribution in [0.3, 0.4) is 0 Å². The molecule has 48 heavy (non-hydrogen) atoms. The van der Waals surface area contributed by atoms with Crippen molar-refractivity contribution in [2.75, 3.05) is 0 Å². The van der Waals surface area contributed by atoms with Crippen LogP contribution in [0.15, 0.2) is 0 Å². The van der Waals surface area contributed by atoms with Gasteiger partial charge in [0.2, 0.25) is 0 Å². The number of fused-ring (bicyclic) bond motifs is 2. The molecule has 4 aliphatic rings. The van der Waals surface area contributed by atoms with Crippen molar-refractivity contribution >= 4 is 11.6 Å². The van der Waals surface area contributed by atoms with Crippen molar-refractivity contribution in [3.8, 4) is 0 Å². The van der Waals surface area contributed by atoms with E-state index in [1.165, 1.54) is 128 Å². The molecule has 0 aromatic carbocycles. The fourth-order valence-corrected chi connectivity index (χ4v) is 12.7. The molecule has 4 saturated carbocycles. The van der Waals surface area contributed by atoms with Gasteiger partial charge in [0.1, 0.15) is 11.6 Å². The molecule has 0 amide bonds. The first-order valence-corrected chi connectivity index (χ1v) is 21.9. The van der Waals surface area contributed by atoms with Crippen molar-refractivity contribution in [2.24, 2.45) is 70.0 Å². The van der Waals surface area contributed by atoms with Gasteiger partial charge in [0.25, 0.3) is 0 Å². The molecule has 278 valence electrons. The van der Waals surface area contributed by atoms with Crippen molar-refractivity contribution in [1.29, 1.82) is 0 Å². The van der Waals surface area contributed by atoms with E-state index in [4.69, 9.17) is 0 Å². The molecule has 0 aliphatic heterocycles. The predicted molar refractivity (Wildman–Crippen MR) is 206 cm³/mol. The molecule has 0 heterocycles. The number of unbranched alkanes of at least 4 members (excludes halogenated alkanes) is 7. The van der Waals surface area contributed by atoms with Gasteiger partial charge in [-0.25, -0.2) is 0 Å². The highest BCUT2D eigenvalue weighted by Gasteiger charge is 2.55. The zero-order valence-corrected chi connectivity index (χ0v) is 33.6. The Balaban J connectivity index is 1.07. The van der Waals surface area contributed by atoms with Gasteiger partial charge in [-0.05, 0) is 96.7 Å². The number of hydrogen-bond acceptors (Lipinski definition) is 2. The summed E-state index contributed by atoms with van der Waals surface area (Å²) in [6.07, 6.45) is 30.8. The van der Waals surface area contributed by atoms with Gasteiger partial charge in [0.05, 0.1) is 0 Å². The van der Waals surface area contributed by atoms with E-state index in [1.54, 1.807) is 0 Å². The Labute approximate surface area is 299 Å². The summed E-state index contributed by atoms with van der Waals surface area (Å²) in [5, 5.41) is 0. The van der Waals surface area contributed by atoms with Crippen LogP contribution in [0, 0.1) is 70.0 Å². The molecular formula is C46H82O2. The summed E-state index contributed by atoms with van der Waals surface area (Å²) in [6.45, 7) is 19.4. The van der Waals surface area contributed by atoms with E-state index in [2.05, 4.69) is 55.4 Å². The Morgan fingerprint density at radius 1 is 0.500 bits per heavy atom. The lowest BCUT2D eigenvalue weighted by molar-refractivity contribution is -0.133. The number of hydrogen-bond donors (Lipinski definition) is 0. The van der Waals surface area contributed by atoms with Crippen LogP contribution in [0.5, 0.6) is 0 Å². The van der Waals surface area contributed by atoms with Crippen LogP contribution in [0.1, 0.15) is 209 Å². The van der Waals surface area contributed by atoms with Gasteiger partial charge in [-0.2, -0.15) is 0 Å². The molecule has 10 atom stereocenters. The molecule has 2 heteroatoms. The van der Waals surface area contributed by atoms with E-state index in [-0.39, 0.29) is 10.8 Å². The number of rotatable bonds is 21. The summed E-state index contributed by atoms with van der Waals surface area (Å²) >= 11 is 0. The van der Waals surface area contributed by atoms with Crippen LogP contribution >= 0.6 is 0 Å². The number of Topliss-reactive ketones (excluding diaryl/α,β-unsaturated/α-hetero) is 2. The summed E-state index contributed by atoms with van der Waals surface area (Å²) in [5.41, 5.74) is 0.540. The lowest BCUT2D eigenvalue weighted by Gasteiger charge is -2.45. The zero-order valence-electron chi connectivity index (χ0n) is 33.6. The van der Waals surface area contributed by atoms with Gasteiger partial charge in [-0.15, -0.1) is 0 Å². The van der Waals surface area contributed by atoms with Crippen LogP contribution in [0.4, 0.5) is 0 Å². The topological polar surface area (TPSA) is 34.1 Å². The second-order valence-electron chi connectivity index (χ2n) is 20.0. The van der Waals surface area contributed by atoms with Crippen LogP contribution < -0.4 is 0 Å². The Bertz CT molecular complexity index is 903. The minimum atomic E-state index is 0.270. The molecule has 0 bridgehead atoms. The van der Waals surface area contributed by atoms with Crippen molar-refractivity contribution in [2.45, 2.75) is 209 Å². The van der Waals surface area contributed by atoms with Gasteiger partial charge >= 0.3 is 0 Å². The van der Waals surface area contributed by atoms with Gasteiger partial charge < -0.3 is 0 Å². The molecule has 0 N–H and O–H groups in total. The summed E-state index contributed by atoms with van der Waals surface area (Å²) in [6, 6.07) is 0. The first kappa shape index (κ1) is 40.1. The van der Waals surface area contributed by atoms with Crippen molar-refractivity contribution in [3.05, 3.63) is 0 Å². The third-order valence-electron chi connectivity index (χ3n) is 15.3. The average Bonchev–Trinajstić information content (AvgIpc) is 3.54. The zero-order chi connectivity index (χ0) is 34.9. The van der Waals surface area contributed by atoms with Crippen LogP contribution in [-0.2, 0) is 9.59 Å². The molecule has 4 aliphatic carbocycles. The lowest BCUT2D eigenvalue weighted by atomic mass is 9.58. The molecule has 2 nitrogen and oxygen atoms in total. The third-order valence-corrected chi connectivity index (χ3v) is 15.3. The van der Waals surface area contributed by atoms with E-state index >= 15 is 0 Å². The van der Waals surface area contributed by atoms with Crippen LogP contribution in [0.2, 0.25) is 0 Å². The molecule has 0 saturated heterocycles. The molecule has 0 spiro atoms. The highest BCUT2D eigenvalue weighted by molar-refractivity contribution is 5.84. The van der Waals surface area contributed by atoms with Gasteiger partial charge in [0.15, 0.2) is 0 Å². The Hall–Kier alpha value is -0.660. The average molecular weight is 667 g/mol. The van der Waals surface area contributed by atoms with E-state index in [1.807, 2.05) is 0 Å². The monoisotopic (exact) mass is 667 g/mol. The van der Waals surface area contributed by atoms with Crippen molar-refractivity contribution in [1.82, 2.24) is 0 Å². The fourth-order valence-electron chi connectivity index (χ4n) is 12.7. The number of carbonyl (C=O) groups is 2. The Morgan fingerprint density at radius 2 is 0.854 bits per heavy atom. The van der Waals surface area contributed by atoms with E-state index in [0.717, 1.165) is 61.2 Å². The quantitative estimate of drug-likeness (QED) is 0.114. The summed E-state index contributed by atoms with van der Waals surface area (Å²) in [7, 11) is 0. The molecule has 0 aromatic heterocycles. The first-order chi connectivity index (χ1) is 22.8. The first-order valence-electron chi connectivity index (χ1n) is 21.9. The van der Waals surface area contributed by atoms with Gasteiger partial charge in [-0.1, -0.05) is 158 Å². The minimum Gasteiger partial charge on any atom is -0.299 e. The second-order valence-corrected chi connectivity index (χ2v) is 20.0. The molecule has 4 fully saturated rings. The summed E-state index contributed by atoms with van der Waals surface area (Å²) in [5.74, 6) is 7.89. The lowest BCUT2D eigenvalue weighted by Crippen LogP contribution is -2.42. The van der Waals surface area contributed by atoms with Gasteiger partial charge in [-0.3, -0.25) is 9.59 Å². The maximum atomic E-state index is 13.3. The maximum Gasteiger partial charge on any atom is 0.136 e. The fraction of sp³-hybridized carbons (Fsp3) is 0.957. The standard InChI is InChI=1S/C46H82O2/c1-33(2)19-17-21-35(5)39-25-27-41-43(47)29-37(31-45(39,41)7)23-15-13-11-9-10-12-14-16-24-38-30-44(48)42-28-26-40(46(42,8)32-38)36(6)22-18-20-34(3)4/h33-42H,9-32H2,1-8H3/t35-,36-,37+,38+,39-,40-,41+,42+,45-,46-/m1/s1. The molecule has 0 radical (unpaired) electrons. The second kappa shape index (κ2) is 18.7. The highest BCUT2D eigenvalue weighted by Crippen LogP contribution is 2.60. The van der Waals surface area contributed by atoms with Crippen LogP contribution in [0.25, 0.3) is 0 Å².